The third-order valence-corrected chi connectivity index (χ3v) is 4.98. The van der Waals surface area contributed by atoms with E-state index in [4.69, 9.17) is 18.9 Å². The van der Waals surface area contributed by atoms with Gasteiger partial charge < -0.3 is 18.9 Å². The molecule has 0 aromatic heterocycles. The number of nitrogens with one attached hydrogen (secondary N) is 1. The normalized spacial score (nSPS) is 10.6. The number of hydrogen-bond acceptors (Lipinski definition) is 7. The van der Waals surface area contributed by atoms with Crippen molar-refractivity contribution in [1.29, 1.82) is 0 Å². The topological polar surface area (TPSA) is 95.5 Å². The molecule has 0 fully saturated rings. The van der Waals surface area contributed by atoms with E-state index in [0.29, 0.717) is 34.8 Å². The molecule has 0 aliphatic rings. The van der Waals surface area contributed by atoms with Crippen molar-refractivity contribution in [2.75, 3.05) is 20.8 Å². The van der Waals surface area contributed by atoms with Gasteiger partial charge in [-0.2, -0.15) is 5.10 Å². The van der Waals surface area contributed by atoms with E-state index in [-0.39, 0.29) is 11.7 Å². The predicted octanol–water partition coefficient (Wildman–Crippen LogP) is 4.87. The molecule has 1 N–H and O–H groups in total. The Morgan fingerprint density at radius 1 is 0.857 bits per heavy atom. The van der Waals surface area contributed by atoms with Crippen molar-refractivity contribution < 1.29 is 28.5 Å². The van der Waals surface area contributed by atoms with Gasteiger partial charge in [0.25, 0.3) is 5.91 Å². The number of nitrogens with zero attached hydrogens (tertiary/aromatic N) is 1. The molecule has 3 rings (SSSR count). The van der Waals surface area contributed by atoms with E-state index in [1.54, 1.807) is 73.8 Å². The van der Waals surface area contributed by atoms with Gasteiger partial charge in [0.15, 0.2) is 11.5 Å². The Morgan fingerprint density at radius 3 is 2.20 bits per heavy atom. The van der Waals surface area contributed by atoms with Crippen LogP contribution < -0.4 is 24.4 Å². The second-order valence-electron chi connectivity index (χ2n) is 7.45. The summed E-state index contributed by atoms with van der Waals surface area (Å²) in [5.74, 6) is 1.10. The molecule has 0 atom stereocenters. The summed E-state index contributed by atoms with van der Waals surface area (Å²) in [6, 6.07) is 18.4. The highest BCUT2D eigenvalue weighted by Crippen LogP contribution is 2.28. The number of methoxy groups -OCH3 is 2. The molecule has 0 spiro atoms. The smallest absolute Gasteiger partial charge is 0.343 e. The van der Waals surface area contributed by atoms with Gasteiger partial charge in [0, 0.05) is 5.56 Å². The van der Waals surface area contributed by atoms with Crippen molar-refractivity contribution >= 4 is 18.1 Å². The van der Waals surface area contributed by atoms with Crippen LogP contribution in [0.4, 0.5) is 0 Å². The molecule has 1 amide bonds. The van der Waals surface area contributed by atoms with Gasteiger partial charge in [0.1, 0.15) is 11.5 Å². The Bertz CT molecular complexity index is 1160. The van der Waals surface area contributed by atoms with E-state index in [9.17, 15) is 9.59 Å². The highest BCUT2D eigenvalue weighted by atomic mass is 16.6. The van der Waals surface area contributed by atoms with Crippen LogP contribution in [0.1, 0.15) is 46.0 Å². The average Bonchev–Trinajstić information content (AvgIpc) is 2.90. The molecule has 8 nitrogen and oxygen atoms in total. The standard InChI is InChI=1S/C27H28N2O6/c1-4-5-16-34-23-13-7-20(8-14-23)26(30)29-28-18-19-6-15-24(25(17-19)33-3)35-27(31)21-9-11-22(32-2)12-10-21/h6-15,17-18H,4-5,16H2,1-3H3,(H,29,30). The van der Waals surface area contributed by atoms with Gasteiger partial charge in [-0.1, -0.05) is 13.3 Å². The number of amides is 1. The van der Waals surface area contributed by atoms with Crippen LogP contribution in [-0.2, 0) is 0 Å². The molecule has 3 aromatic carbocycles. The Labute approximate surface area is 204 Å². The minimum absolute atomic E-state index is 0.260. The van der Waals surface area contributed by atoms with Crippen LogP contribution in [0.2, 0.25) is 0 Å². The number of hydrogen-bond donors (Lipinski definition) is 1. The van der Waals surface area contributed by atoms with Crippen LogP contribution in [0, 0.1) is 0 Å². The Hall–Kier alpha value is -4.33. The highest BCUT2D eigenvalue weighted by Gasteiger charge is 2.13. The summed E-state index contributed by atoms with van der Waals surface area (Å²) in [6.07, 6.45) is 3.51. The van der Waals surface area contributed by atoms with E-state index < -0.39 is 5.97 Å². The van der Waals surface area contributed by atoms with Crippen LogP contribution >= 0.6 is 0 Å². The molecule has 8 heteroatoms. The Morgan fingerprint density at radius 2 is 1.54 bits per heavy atom. The zero-order valence-corrected chi connectivity index (χ0v) is 19.9. The second kappa shape index (κ2) is 12.8. The lowest BCUT2D eigenvalue weighted by Gasteiger charge is -2.10. The number of rotatable bonds is 11. The summed E-state index contributed by atoms with van der Waals surface area (Å²) in [4.78, 5) is 24.8. The first-order chi connectivity index (χ1) is 17.0. The van der Waals surface area contributed by atoms with E-state index in [1.165, 1.54) is 13.3 Å². The monoisotopic (exact) mass is 476 g/mol. The second-order valence-corrected chi connectivity index (χ2v) is 7.45. The van der Waals surface area contributed by atoms with Crippen LogP contribution in [0.25, 0.3) is 0 Å². The maximum absolute atomic E-state index is 12.4. The number of carbonyl (C=O) groups is 2. The molecule has 35 heavy (non-hydrogen) atoms. The van der Waals surface area contributed by atoms with Crippen molar-refractivity contribution in [1.82, 2.24) is 5.43 Å². The summed E-state index contributed by atoms with van der Waals surface area (Å²) in [7, 11) is 3.02. The Balaban J connectivity index is 1.58. The van der Waals surface area contributed by atoms with Gasteiger partial charge in [-0.25, -0.2) is 10.2 Å². The summed E-state index contributed by atoms with van der Waals surface area (Å²) < 4.78 is 21.5. The third-order valence-electron chi connectivity index (χ3n) is 4.98. The Kier molecular flexibility index (Phi) is 9.24. The molecular formula is C27H28N2O6. The molecule has 0 aliphatic carbocycles. The maximum Gasteiger partial charge on any atom is 0.343 e. The fourth-order valence-electron chi connectivity index (χ4n) is 3.00. The summed E-state index contributed by atoms with van der Waals surface area (Å²) >= 11 is 0. The molecule has 0 bridgehead atoms. The van der Waals surface area contributed by atoms with E-state index in [1.807, 2.05) is 0 Å². The number of unbranched alkanes of at least 4 members (excludes halogenated alkanes) is 1. The molecule has 182 valence electrons. The van der Waals surface area contributed by atoms with Gasteiger partial charge in [-0.15, -0.1) is 0 Å². The lowest BCUT2D eigenvalue weighted by molar-refractivity contribution is 0.0729. The number of ether oxygens (including phenoxy) is 4. The molecule has 0 unspecified atom stereocenters. The largest absolute Gasteiger partial charge is 0.497 e. The molecule has 0 saturated carbocycles. The van der Waals surface area contributed by atoms with Gasteiger partial charge in [-0.3, -0.25) is 4.79 Å². The fourth-order valence-corrected chi connectivity index (χ4v) is 3.00. The fraction of sp³-hybridized carbons (Fsp3) is 0.222. The SMILES string of the molecule is CCCCOc1ccc(C(=O)NN=Cc2ccc(OC(=O)c3ccc(OC)cc3)c(OC)c2)cc1. The molecule has 3 aromatic rings. The van der Waals surface area contributed by atoms with Crippen LogP contribution in [0.5, 0.6) is 23.0 Å². The van der Waals surface area contributed by atoms with Gasteiger partial charge >= 0.3 is 5.97 Å². The van der Waals surface area contributed by atoms with Gasteiger partial charge in [0.2, 0.25) is 0 Å². The van der Waals surface area contributed by atoms with Gasteiger partial charge in [-0.05, 0) is 78.7 Å². The molecule has 0 heterocycles. The van der Waals surface area contributed by atoms with Crippen molar-refractivity contribution in [3.05, 3.63) is 83.4 Å². The first kappa shape index (κ1) is 25.3. The zero-order chi connectivity index (χ0) is 25.0. The minimum atomic E-state index is -0.526. The van der Waals surface area contributed by atoms with Crippen LogP contribution in [0.3, 0.4) is 0 Å². The number of esters is 1. The van der Waals surface area contributed by atoms with Crippen molar-refractivity contribution in [3.8, 4) is 23.0 Å². The lowest BCUT2D eigenvalue weighted by Crippen LogP contribution is -2.17. The minimum Gasteiger partial charge on any atom is -0.497 e. The number of hydrazone groups is 1. The van der Waals surface area contributed by atoms with Crippen molar-refractivity contribution in [3.63, 3.8) is 0 Å². The zero-order valence-electron chi connectivity index (χ0n) is 19.9. The average molecular weight is 477 g/mol. The van der Waals surface area contributed by atoms with Crippen molar-refractivity contribution in [2.45, 2.75) is 19.8 Å². The molecule has 0 aliphatic heterocycles. The maximum atomic E-state index is 12.4. The first-order valence-corrected chi connectivity index (χ1v) is 11.1. The van der Waals surface area contributed by atoms with Crippen LogP contribution in [0.15, 0.2) is 71.8 Å². The third kappa shape index (κ3) is 7.33. The number of benzene rings is 3. The van der Waals surface area contributed by atoms with Crippen LogP contribution in [-0.4, -0.2) is 38.9 Å². The predicted molar refractivity (Wildman–Crippen MR) is 133 cm³/mol. The summed E-state index contributed by atoms with van der Waals surface area (Å²) in [5, 5.41) is 4.00. The number of carbonyl (C=O) groups excluding carboxylic acids is 2. The molecular weight excluding hydrogens is 448 g/mol. The quantitative estimate of drug-likeness (QED) is 0.140. The summed E-state index contributed by atoms with van der Waals surface area (Å²) in [5.41, 5.74) is 3.97. The van der Waals surface area contributed by atoms with Crippen molar-refractivity contribution in [2.24, 2.45) is 5.10 Å². The highest BCUT2D eigenvalue weighted by molar-refractivity contribution is 5.95. The lowest BCUT2D eigenvalue weighted by atomic mass is 10.2. The van der Waals surface area contributed by atoms with E-state index >= 15 is 0 Å². The molecule has 0 saturated heterocycles. The molecule has 0 radical (unpaired) electrons. The van der Waals surface area contributed by atoms with Gasteiger partial charge in [0.05, 0.1) is 32.6 Å². The van der Waals surface area contributed by atoms with E-state index in [2.05, 4.69) is 17.5 Å². The summed E-state index contributed by atoms with van der Waals surface area (Å²) in [6.45, 7) is 2.75. The van der Waals surface area contributed by atoms with E-state index in [0.717, 1.165) is 18.6 Å². The first-order valence-electron chi connectivity index (χ1n) is 11.1.